The van der Waals surface area contributed by atoms with Gasteiger partial charge < -0.3 is 9.67 Å². The molecule has 1 fully saturated rings. The lowest BCUT2D eigenvalue weighted by Crippen LogP contribution is -2.12. The number of aromatic carboxylic acids is 1. The van der Waals surface area contributed by atoms with Gasteiger partial charge in [0.05, 0.1) is 5.56 Å². The molecule has 1 saturated carbocycles. The molecular weight excluding hydrogens is 424 g/mol. The summed E-state index contributed by atoms with van der Waals surface area (Å²) in [6, 6.07) is 4.82. The number of nitrogens with zero attached hydrogens (tertiary/aromatic N) is 2. The molecule has 8 heteroatoms. The quantitative estimate of drug-likeness (QED) is 0.729. The number of rotatable bonds is 4. The zero-order valence-electron chi connectivity index (χ0n) is 11.8. The van der Waals surface area contributed by atoms with Crippen molar-refractivity contribution in [1.29, 1.82) is 0 Å². The van der Waals surface area contributed by atoms with E-state index >= 15 is 0 Å². The molecule has 0 aliphatic heterocycles. The van der Waals surface area contributed by atoms with Gasteiger partial charge in [0, 0.05) is 12.1 Å². The van der Waals surface area contributed by atoms with Gasteiger partial charge in [-0.2, -0.15) is 13.2 Å². The molecule has 1 aliphatic carbocycles. The molecule has 0 unspecified atom stereocenters. The molecule has 0 saturated heterocycles. The number of alkyl halides is 3. The van der Waals surface area contributed by atoms with Crippen molar-refractivity contribution in [1.82, 2.24) is 9.55 Å². The van der Waals surface area contributed by atoms with Crippen LogP contribution in [-0.4, -0.2) is 20.6 Å². The van der Waals surface area contributed by atoms with Crippen molar-refractivity contribution < 1.29 is 23.1 Å². The van der Waals surface area contributed by atoms with Crippen LogP contribution in [0.4, 0.5) is 13.2 Å². The first-order valence-electron chi connectivity index (χ1n) is 6.94. The molecule has 122 valence electrons. The molecule has 1 aromatic carbocycles. The van der Waals surface area contributed by atoms with Crippen molar-refractivity contribution in [2.75, 3.05) is 0 Å². The van der Waals surface area contributed by atoms with Crippen molar-refractivity contribution in [3.8, 4) is 11.4 Å². The Bertz CT molecular complexity index is 767. The molecule has 3 rings (SSSR count). The van der Waals surface area contributed by atoms with Gasteiger partial charge in [-0.25, -0.2) is 9.78 Å². The van der Waals surface area contributed by atoms with Crippen LogP contribution in [0.15, 0.2) is 24.3 Å². The van der Waals surface area contributed by atoms with Gasteiger partial charge in [-0.05, 0) is 53.5 Å². The average molecular weight is 436 g/mol. The van der Waals surface area contributed by atoms with E-state index in [9.17, 15) is 23.1 Å². The Morgan fingerprint density at radius 1 is 1.39 bits per heavy atom. The highest BCUT2D eigenvalue weighted by molar-refractivity contribution is 14.1. The summed E-state index contributed by atoms with van der Waals surface area (Å²) < 4.78 is 40.5. The summed E-state index contributed by atoms with van der Waals surface area (Å²) in [6.07, 6.45) is -2.46. The largest absolute Gasteiger partial charge is 0.476 e. The standard InChI is InChI=1S/C15H12F3IN2O2/c16-15(17,18)10-3-1-2-9(6-10)13-20-12(19)11(14(22)23)21(13)7-8-4-5-8/h1-3,6,8H,4-5,7H2,(H,22,23). The molecule has 0 spiro atoms. The van der Waals surface area contributed by atoms with Gasteiger partial charge in [-0.15, -0.1) is 0 Å². The summed E-state index contributed by atoms with van der Waals surface area (Å²) in [5, 5.41) is 9.38. The van der Waals surface area contributed by atoms with Crippen LogP contribution in [-0.2, 0) is 12.7 Å². The summed E-state index contributed by atoms with van der Waals surface area (Å²) in [5.41, 5.74) is -0.473. The Morgan fingerprint density at radius 3 is 2.65 bits per heavy atom. The van der Waals surface area contributed by atoms with Crippen LogP contribution in [0.2, 0.25) is 0 Å². The first-order chi connectivity index (χ1) is 10.8. The van der Waals surface area contributed by atoms with E-state index in [4.69, 9.17) is 0 Å². The lowest BCUT2D eigenvalue weighted by molar-refractivity contribution is -0.137. The van der Waals surface area contributed by atoms with Crippen LogP contribution < -0.4 is 0 Å². The third kappa shape index (κ3) is 3.36. The van der Waals surface area contributed by atoms with E-state index in [1.807, 2.05) is 0 Å². The molecule has 0 atom stereocenters. The molecule has 0 radical (unpaired) electrons. The predicted octanol–water partition coefficient (Wildman–Crippen LogP) is 4.28. The SMILES string of the molecule is O=C(O)c1c(I)nc(-c2cccc(C(F)(F)F)c2)n1CC1CC1. The van der Waals surface area contributed by atoms with Gasteiger partial charge >= 0.3 is 12.1 Å². The van der Waals surface area contributed by atoms with Crippen molar-refractivity contribution >= 4 is 28.6 Å². The van der Waals surface area contributed by atoms with Crippen molar-refractivity contribution in [3.05, 3.63) is 39.2 Å². The summed E-state index contributed by atoms with van der Waals surface area (Å²) in [7, 11) is 0. The Balaban J connectivity index is 2.12. The van der Waals surface area contributed by atoms with Crippen LogP contribution in [0.1, 0.15) is 28.9 Å². The first-order valence-corrected chi connectivity index (χ1v) is 8.02. The highest BCUT2D eigenvalue weighted by atomic mass is 127. The Kier molecular flexibility index (Phi) is 4.11. The molecule has 0 amide bonds. The number of hydrogen-bond donors (Lipinski definition) is 1. The minimum atomic E-state index is -4.45. The zero-order valence-corrected chi connectivity index (χ0v) is 13.9. The number of carbonyl (C=O) groups is 1. The van der Waals surface area contributed by atoms with Crippen LogP contribution in [0, 0.1) is 9.62 Å². The van der Waals surface area contributed by atoms with E-state index in [1.54, 1.807) is 22.6 Å². The number of benzene rings is 1. The maximum Gasteiger partial charge on any atom is 0.416 e. The van der Waals surface area contributed by atoms with E-state index < -0.39 is 17.7 Å². The molecule has 0 bridgehead atoms. The van der Waals surface area contributed by atoms with Gasteiger partial charge in [0.15, 0.2) is 5.69 Å². The summed E-state index contributed by atoms with van der Waals surface area (Å²) in [6.45, 7) is 0.462. The second kappa shape index (κ2) is 5.81. The minimum absolute atomic E-state index is 0.0323. The molecule has 1 aromatic heterocycles. The Hall–Kier alpha value is -1.58. The molecule has 4 nitrogen and oxygen atoms in total. The maximum atomic E-state index is 12.9. The monoisotopic (exact) mass is 436 g/mol. The normalized spacial score (nSPS) is 15.0. The highest BCUT2D eigenvalue weighted by Crippen LogP contribution is 2.36. The third-order valence-electron chi connectivity index (χ3n) is 3.71. The number of carboxylic acid groups (broad SMARTS) is 1. The predicted molar refractivity (Wildman–Crippen MR) is 85.1 cm³/mol. The lowest BCUT2D eigenvalue weighted by Gasteiger charge is -2.11. The number of imidazole rings is 1. The average Bonchev–Trinajstić information content (AvgIpc) is 3.21. The van der Waals surface area contributed by atoms with E-state index in [0.717, 1.165) is 25.0 Å². The smallest absolute Gasteiger partial charge is 0.416 e. The number of hydrogen-bond acceptors (Lipinski definition) is 2. The van der Waals surface area contributed by atoms with Crippen molar-refractivity contribution in [3.63, 3.8) is 0 Å². The fourth-order valence-corrected chi connectivity index (χ4v) is 3.17. The van der Waals surface area contributed by atoms with Crippen LogP contribution in [0.5, 0.6) is 0 Å². The summed E-state index contributed by atoms with van der Waals surface area (Å²) in [4.78, 5) is 15.7. The van der Waals surface area contributed by atoms with Gasteiger partial charge in [0.1, 0.15) is 9.53 Å². The molecule has 2 aromatic rings. The Morgan fingerprint density at radius 2 is 2.09 bits per heavy atom. The second-order valence-corrected chi connectivity index (χ2v) is 6.53. The number of carboxylic acids is 1. The maximum absolute atomic E-state index is 12.9. The van der Waals surface area contributed by atoms with Crippen LogP contribution >= 0.6 is 22.6 Å². The second-order valence-electron chi connectivity index (χ2n) is 5.51. The van der Waals surface area contributed by atoms with Crippen LogP contribution in [0.3, 0.4) is 0 Å². The zero-order chi connectivity index (χ0) is 16.8. The van der Waals surface area contributed by atoms with E-state index in [2.05, 4.69) is 4.98 Å². The third-order valence-corrected chi connectivity index (χ3v) is 4.47. The van der Waals surface area contributed by atoms with Gasteiger partial charge in [-0.1, -0.05) is 12.1 Å². The molecule has 1 N–H and O–H groups in total. The minimum Gasteiger partial charge on any atom is -0.476 e. The van der Waals surface area contributed by atoms with Crippen LogP contribution in [0.25, 0.3) is 11.4 Å². The molecule has 23 heavy (non-hydrogen) atoms. The topological polar surface area (TPSA) is 55.1 Å². The Labute approximate surface area is 143 Å². The van der Waals surface area contributed by atoms with Gasteiger partial charge in [0.25, 0.3) is 0 Å². The fraction of sp³-hybridized carbons (Fsp3) is 0.333. The van der Waals surface area contributed by atoms with Crippen molar-refractivity contribution in [2.45, 2.75) is 25.6 Å². The summed E-state index contributed by atoms with van der Waals surface area (Å²) in [5.74, 6) is -0.492. The van der Waals surface area contributed by atoms with Gasteiger partial charge in [0.2, 0.25) is 0 Å². The fourth-order valence-electron chi connectivity index (χ4n) is 2.42. The van der Waals surface area contributed by atoms with E-state index in [0.29, 0.717) is 12.5 Å². The molecule has 1 aliphatic rings. The first kappa shape index (κ1) is 16.3. The van der Waals surface area contributed by atoms with E-state index in [-0.39, 0.29) is 20.8 Å². The number of halogens is 4. The van der Waals surface area contributed by atoms with E-state index in [1.165, 1.54) is 16.7 Å². The lowest BCUT2D eigenvalue weighted by atomic mass is 10.1. The summed E-state index contributed by atoms with van der Waals surface area (Å²) >= 11 is 1.81. The molecule has 1 heterocycles. The van der Waals surface area contributed by atoms with Gasteiger partial charge in [-0.3, -0.25) is 0 Å². The molecular formula is C15H12F3IN2O2. The van der Waals surface area contributed by atoms with Crippen molar-refractivity contribution in [2.24, 2.45) is 5.92 Å². The number of aromatic nitrogens is 2. The highest BCUT2D eigenvalue weighted by Gasteiger charge is 2.32.